The van der Waals surface area contributed by atoms with E-state index in [4.69, 9.17) is 6.57 Å². The van der Waals surface area contributed by atoms with Gasteiger partial charge >= 0.3 is 6.18 Å². The SMILES string of the molecule is [C-]#[N+]c1cc(C(F)(F)F)ccc1-c1c(-n2c3ccccc3c3cc(-c4ccccc4C)ccc32)cc(C#N)cc1-n1c2ccccc2c2cc(-c3ccccc3C)ccc21. The third-order valence-electron chi connectivity index (χ3n) is 11.7. The van der Waals surface area contributed by atoms with Gasteiger partial charge in [0.15, 0.2) is 5.69 Å². The molecule has 0 aliphatic carbocycles. The Balaban J connectivity index is 1.35. The summed E-state index contributed by atoms with van der Waals surface area (Å²) in [7, 11) is 0. The zero-order chi connectivity index (χ0) is 41.3. The molecule has 2 aromatic heterocycles. The van der Waals surface area contributed by atoms with E-state index in [1.54, 1.807) is 12.1 Å². The lowest BCUT2D eigenvalue weighted by Crippen LogP contribution is -2.07. The molecule has 0 spiro atoms. The summed E-state index contributed by atoms with van der Waals surface area (Å²) in [6, 6.07) is 54.5. The van der Waals surface area contributed by atoms with E-state index in [0.717, 1.165) is 89.1 Å². The zero-order valence-electron chi connectivity index (χ0n) is 32.5. The Bertz CT molecular complexity index is 3300. The molecule has 0 aliphatic heterocycles. The van der Waals surface area contributed by atoms with Crippen molar-refractivity contribution in [3.8, 4) is 50.8 Å². The highest BCUT2D eigenvalue weighted by molar-refractivity contribution is 6.13. The Morgan fingerprint density at radius 3 is 1.45 bits per heavy atom. The van der Waals surface area contributed by atoms with E-state index in [-0.39, 0.29) is 5.69 Å². The van der Waals surface area contributed by atoms with Crippen LogP contribution >= 0.6 is 0 Å². The maximum absolute atomic E-state index is 14.3. The molecule has 0 bridgehead atoms. The molecule has 8 aromatic carbocycles. The average molecular weight is 783 g/mol. The van der Waals surface area contributed by atoms with E-state index in [0.29, 0.717) is 28.1 Å². The summed E-state index contributed by atoms with van der Waals surface area (Å²) in [5, 5.41) is 14.6. The van der Waals surface area contributed by atoms with Crippen molar-refractivity contribution < 1.29 is 13.2 Å². The fraction of sp³-hybridized carbons (Fsp3) is 0.0566. The lowest BCUT2D eigenvalue weighted by atomic mass is 9.95. The predicted molar refractivity (Wildman–Crippen MR) is 237 cm³/mol. The van der Waals surface area contributed by atoms with Crippen LogP contribution in [-0.2, 0) is 6.18 Å². The minimum atomic E-state index is -4.66. The van der Waals surface area contributed by atoms with E-state index >= 15 is 0 Å². The molecule has 2 heterocycles. The summed E-state index contributed by atoms with van der Waals surface area (Å²) < 4.78 is 46.9. The van der Waals surface area contributed by atoms with Crippen LogP contribution in [-0.4, -0.2) is 9.13 Å². The number of hydrogen-bond donors (Lipinski definition) is 0. The summed E-state index contributed by atoms with van der Waals surface area (Å²) in [5.41, 5.74) is 11.2. The minimum absolute atomic E-state index is 0.151. The highest BCUT2D eigenvalue weighted by atomic mass is 19.4. The van der Waals surface area contributed by atoms with Crippen LogP contribution in [0.4, 0.5) is 18.9 Å². The molecule has 0 atom stereocenters. The molecule has 0 radical (unpaired) electrons. The first-order chi connectivity index (χ1) is 29.1. The molecule has 0 amide bonds. The van der Waals surface area contributed by atoms with Gasteiger partial charge in [0.25, 0.3) is 0 Å². The molecule has 286 valence electrons. The molecule has 4 nitrogen and oxygen atoms in total. The summed E-state index contributed by atoms with van der Waals surface area (Å²) in [6.45, 7) is 12.4. The van der Waals surface area contributed by atoms with Crippen molar-refractivity contribution >= 4 is 49.3 Å². The van der Waals surface area contributed by atoms with Gasteiger partial charge in [-0.3, -0.25) is 0 Å². The molecular weight excluding hydrogens is 750 g/mol. The first-order valence-corrected chi connectivity index (χ1v) is 19.5. The maximum atomic E-state index is 14.3. The molecule has 0 saturated carbocycles. The van der Waals surface area contributed by atoms with Crippen molar-refractivity contribution in [2.45, 2.75) is 20.0 Å². The molecule has 0 unspecified atom stereocenters. The standard InChI is InChI=1S/C53H33F3N4/c1-32-12-4-6-14-38(32)35-20-24-48-43(28-35)40-16-8-10-18-46(40)59(48)50-26-34(31-57)27-51(52(50)42-23-22-37(53(54,55)56)30-45(42)58-3)60-47-19-11-9-17-41(47)44-29-36(21-25-49(44)60)39-15-7-5-13-33(39)2/h4-30H,1-2H3. The Labute approximate surface area is 344 Å². The van der Waals surface area contributed by atoms with Gasteiger partial charge in [-0.25, -0.2) is 4.85 Å². The van der Waals surface area contributed by atoms with Crippen molar-refractivity contribution in [1.29, 1.82) is 5.26 Å². The predicted octanol–water partition coefficient (Wildman–Crippen LogP) is 14.9. The van der Waals surface area contributed by atoms with Crippen LogP contribution in [0, 0.1) is 31.8 Å². The number of aryl methyl sites for hydroxylation is 2. The second kappa shape index (κ2) is 13.9. The molecule has 10 aromatic rings. The van der Waals surface area contributed by atoms with E-state index in [1.807, 2.05) is 60.7 Å². The number of para-hydroxylation sites is 2. The lowest BCUT2D eigenvalue weighted by molar-refractivity contribution is -0.137. The summed E-state index contributed by atoms with van der Waals surface area (Å²) in [6.07, 6.45) is -4.66. The number of halogens is 3. The first-order valence-electron chi connectivity index (χ1n) is 19.5. The van der Waals surface area contributed by atoms with Crippen molar-refractivity contribution in [3.63, 3.8) is 0 Å². The number of nitrogens with zero attached hydrogens (tertiary/aromatic N) is 4. The number of fused-ring (bicyclic) bond motifs is 6. The summed E-state index contributed by atoms with van der Waals surface area (Å²) in [4.78, 5) is 3.73. The number of alkyl halides is 3. The van der Waals surface area contributed by atoms with E-state index in [2.05, 4.69) is 107 Å². The zero-order valence-corrected chi connectivity index (χ0v) is 32.5. The van der Waals surface area contributed by atoms with Gasteiger partial charge < -0.3 is 9.13 Å². The van der Waals surface area contributed by atoms with Crippen LogP contribution in [0.3, 0.4) is 0 Å². The van der Waals surface area contributed by atoms with Crippen molar-refractivity contribution in [2.24, 2.45) is 0 Å². The van der Waals surface area contributed by atoms with Crippen LogP contribution < -0.4 is 0 Å². The highest BCUT2D eigenvalue weighted by Gasteiger charge is 2.32. The van der Waals surface area contributed by atoms with E-state index in [1.165, 1.54) is 6.07 Å². The highest BCUT2D eigenvalue weighted by Crippen LogP contribution is 2.47. The van der Waals surface area contributed by atoms with Crippen molar-refractivity contribution in [2.75, 3.05) is 0 Å². The monoisotopic (exact) mass is 782 g/mol. The van der Waals surface area contributed by atoms with Gasteiger partial charge in [-0.1, -0.05) is 109 Å². The Kier molecular flexibility index (Phi) is 8.45. The minimum Gasteiger partial charge on any atom is -0.309 e. The third kappa shape index (κ3) is 5.74. The van der Waals surface area contributed by atoms with Crippen LogP contribution in [0.5, 0.6) is 0 Å². The largest absolute Gasteiger partial charge is 0.415 e. The molecule has 0 aliphatic rings. The number of hydrogen-bond acceptors (Lipinski definition) is 1. The topological polar surface area (TPSA) is 38.0 Å². The molecule has 0 saturated heterocycles. The molecule has 10 rings (SSSR count). The van der Waals surface area contributed by atoms with Crippen molar-refractivity contribution in [3.05, 3.63) is 197 Å². The smallest absolute Gasteiger partial charge is 0.309 e. The Morgan fingerprint density at radius 1 is 0.517 bits per heavy atom. The summed E-state index contributed by atoms with van der Waals surface area (Å²) in [5.74, 6) is 0. The number of rotatable bonds is 5. The van der Waals surface area contributed by atoms with Crippen LogP contribution in [0.1, 0.15) is 22.3 Å². The van der Waals surface area contributed by atoms with Gasteiger partial charge in [0, 0.05) is 32.7 Å². The van der Waals surface area contributed by atoms with Crippen molar-refractivity contribution in [1.82, 2.24) is 9.13 Å². The third-order valence-corrected chi connectivity index (χ3v) is 11.7. The quantitative estimate of drug-likeness (QED) is 0.160. The second-order valence-corrected chi connectivity index (χ2v) is 15.1. The van der Waals surface area contributed by atoms with Crippen LogP contribution in [0.2, 0.25) is 0 Å². The number of nitriles is 1. The molecule has 7 heteroatoms. The second-order valence-electron chi connectivity index (χ2n) is 15.1. The van der Waals surface area contributed by atoms with Gasteiger partial charge in [-0.05, 0) is 107 Å². The number of benzene rings is 8. The Hall–Kier alpha value is -7.87. The van der Waals surface area contributed by atoms with Gasteiger partial charge in [0.1, 0.15) is 0 Å². The van der Waals surface area contributed by atoms with E-state index in [9.17, 15) is 18.4 Å². The lowest BCUT2D eigenvalue weighted by Gasteiger charge is -2.22. The maximum Gasteiger partial charge on any atom is 0.415 e. The van der Waals surface area contributed by atoms with Gasteiger partial charge in [0.2, 0.25) is 0 Å². The molecule has 0 fully saturated rings. The summed E-state index contributed by atoms with van der Waals surface area (Å²) >= 11 is 0. The van der Waals surface area contributed by atoms with Crippen LogP contribution in [0.15, 0.2) is 164 Å². The fourth-order valence-corrected chi connectivity index (χ4v) is 8.91. The average Bonchev–Trinajstić information content (AvgIpc) is 3.78. The Morgan fingerprint density at radius 2 is 0.983 bits per heavy atom. The normalized spacial score (nSPS) is 11.7. The van der Waals surface area contributed by atoms with E-state index < -0.39 is 11.7 Å². The van der Waals surface area contributed by atoms with Gasteiger partial charge in [0.05, 0.1) is 51.6 Å². The molecule has 0 N–H and O–H groups in total. The van der Waals surface area contributed by atoms with Gasteiger partial charge in [-0.2, -0.15) is 18.4 Å². The van der Waals surface area contributed by atoms with Gasteiger partial charge in [-0.15, -0.1) is 0 Å². The molecule has 60 heavy (non-hydrogen) atoms. The fourth-order valence-electron chi connectivity index (χ4n) is 8.91. The molecular formula is C53H33F3N4. The number of aromatic nitrogens is 2. The first kappa shape index (κ1) is 36.5. The van der Waals surface area contributed by atoms with Crippen LogP contribution in [0.25, 0.3) is 93.2 Å².